The number of carboxylic acids is 1. The summed E-state index contributed by atoms with van der Waals surface area (Å²) in [7, 11) is -1.64. The fourth-order valence-corrected chi connectivity index (χ4v) is 2.89. The smallest absolute Gasteiger partial charge is 0.408 e. The average Bonchev–Trinajstić information content (AvgIpc) is 2.29. The number of ether oxygens (including phenoxy) is 1. The van der Waals surface area contributed by atoms with E-state index in [0.717, 1.165) is 0 Å². The van der Waals surface area contributed by atoms with Gasteiger partial charge in [-0.1, -0.05) is 52.6 Å². The monoisotopic (exact) mass is 343 g/mol. The summed E-state index contributed by atoms with van der Waals surface area (Å²) in [6.07, 6.45) is 1.20. The number of hydrogen-bond acceptors (Lipinski definition) is 3. The fraction of sp³-hybridized carbons (Fsp3) is 0.765. The highest BCUT2D eigenvalue weighted by Crippen LogP contribution is 2.36. The van der Waals surface area contributed by atoms with E-state index >= 15 is 0 Å². The Kier molecular flexibility index (Phi) is 7.09. The molecule has 0 heterocycles. The van der Waals surface area contributed by atoms with Crippen LogP contribution in [0, 0.1) is 5.92 Å². The topological polar surface area (TPSA) is 75.6 Å². The van der Waals surface area contributed by atoms with Crippen LogP contribution < -0.4 is 5.32 Å². The predicted octanol–water partition coefficient (Wildman–Crippen LogP) is 4.20. The van der Waals surface area contributed by atoms with Gasteiger partial charge in [-0.15, -0.1) is 0 Å². The molecule has 23 heavy (non-hydrogen) atoms. The van der Waals surface area contributed by atoms with Crippen LogP contribution in [0.3, 0.4) is 0 Å². The molecule has 0 saturated heterocycles. The van der Waals surface area contributed by atoms with E-state index in [4.69, 9.17) is 4.74 Å². The highest BCUT2D eigenvalue weighted by Gasteiger charge is 2.33. The third kappa shape index (κ3) is 7.68. The number of carbonyl (C=O) groups excluding carboxylic acids is 1. The van der Waals surface area contributed by atoms with Crippen LogP contribution in [0.25, 0.3) is 0 Å². The van der Waals surface area contributed by atoms with Crippen LogP contribution in [0.15, 0.2) is 11.8 Å². The van der Waals surface area contributed by atoms with E-state index in [1.807, 2.05) is 6.08 Å². The molecule has 0 aromatic heterocycles. The summed E-state index contributed by atoms with van der Waals surface area (Å²) < 4.78 is 5.14. The van der Waals surface area contributed by atoms with Crippen LogP contribution in [-0.4, -0.2) is 36.9 Å². The molecule has 0 spiro atoms. The first-order valence-electron chi connectivity index (χ1n) is 7.98. The Morgan fingerprint density at radius 3 is 1.96 bits per heavy atom. The van der Waals surface area contributed by atoms with E-state index in [1.165, 1.54) is 0 Å². The number of alkyl carbamates (subject to hydrolysis) is 1. The second-order valence-corrected chi connectivity index (χ2v) is 13.9. The molecule has 0 bridgehead atoms. The first kappa shape index (κ1) is 21.7. The van der Waals surface area contributed by atoms with Crippen molar-refractivity contribution >= 4 is 20.1 Å². The highest BCUT2D eigenvalue weighted by molar-refractivity contribution is 6.84. The average molecular weight is 344 g/mol. The molecule has 0 aliphatic rings. The molecule has 0 saturated carbocycles. The van der Waals surface area contributed by atoms with Crippen molar-refractivity contribution in [1.82, 2.24) is 5.32 Å². The van der Waals surface area contributed by atoms with Gasteiger partial charge in [0.2, 0.25) is 0 Å². The van der Waals surface area contributed by atoms with Gasteiger partial charge in [-0.3, -0.25) is 0 Å². The largest absolute Gasteiger partial charge is 0.480 e. The van der Waals surface area contributed by atoms with Crippen molar-refractivity contribution in [2.45, 2.75) is 78.2 Å². The number of amides is 1. The van der Waals surface area contributed by atoms with Gasteiger partial charge < -0.3 is 15.2 Å². The molecule has 2 atom stereocenters. The third-order valence-electron chi connectivity index (χ3n) is 4.21. The van der Waals surface area contributed by atoms with Gasteiger partial charge in [-0.2, -0.15) is 0 Å². The maximum Gasteiger partial charge on any atom is 0.408 e. The van der Waals surface area contributed by atoms with Gasteiger partial charge in [0.15, 0.2) is 0 Å². The van der Waals surface area contributed by atoms with Crippen molar-refractivity contribution in [3.8, 4) is 0 Å². The normalized spacial score (nSPS) is 16.0. The molecule has 0 radical (unpaired) electrons. The lowest BCUT2D eigenvalue weighted by molar-refractivity contribution is -0.140. The van der Waals surface area contributed by atoms with Crippen LogP contribution in [0.2, 0.25) is 18.1 Å². The van der Waals surface area contributed by atoms with Crippen molar-refractivity contribution in [2.24, 2.45) is 5.92 Å². The standard InChI is InChI=1S/C17H33NO4Si/c1-12(10-11-23(8,9)17(5,6)7)13(14(19)20)18-15(21)22-16(2,3)4/h10-13H,1-9H3,(H,18,21)(H,19,20)/b11-10+. The van der Waals surface area contributed by atoms with E-state index in [-0.39, 0.29) is 11.0 Å². The zero-order valence-corrected chi connectivity index (χ0v) is 17.0. The van der Waals surface area contributed by atoms with Gasteiger partial charge in [-0.05, 0) is 25.8 Å². The number of hydrogen-bond donors (Lipinski definition) is 2. The Morgan fingerprint density at radius 1 is 1.13 bits per heavy atom. The maximum atomic E-state index is 11.8. The van der Waals surface area contributed by atoms with Crippen molar-refractivity contribution < 1.29 is 19.4 Å². The molecular formula is C17H33NO4Si. The Labute approximate surface area is 141 Å². The van der Waals surface area contributed by atoms with Crippen molar-refractivity contribution in [3.63, 3.8) is 0 Å². The molecule has 0 aromatic carbocycles. The maximum absolute atomic E-state index is 11.8. The quantitative estimate of drug-likeness (QED) is 0.733. The number of carboxylic acid groups (broad SMARTS) is 1. The molecule has 0 aromatic rings. The zero-order chi connectivity index (χ0) is 18.6. The minimum absolute atomic E-state index is 0.181. The van der Waals surface area contributed by atoms with E-state index in [9.17, 15) is 14.7 Å². The molecule has 1 amide bonds. The number of nitrogens with one attached hydrogen (secondary N) is 1. The summed E-state index contributed by atoms with van der Waals surface area (Å²) in [6, 6.07) is -1.01. The Bertz CT molecular complexity index is 458. The summed E-state index contributed by atoms with van der Waals surface area (Å²) in [6.45, 7) is 18.1. The number of carbonyl (C=O) groups is 2. The summed E-state index contributed by atoms with van der Waals surface area (Å²) in [5, 5.41) is 12.0. The molecule has 0 fully saturated rings. The first-order chi connectivity index (χ1) is 10.1. The van der Waals surface area contributed by atoms with Crippen molar-refractivity contribution in [1.29, 1.82) is 0 Å². The van der Waals surface area contributed by atoms with Gasteiger partial charge in [0.25, 0.3) is 0 Å². The molecule has 134 valence electrons. The second kappa shape index (κ2) is 7.51. The van der Waals surface area contributed by atoms with Crippen LogP contribution in [0.1, 0.15) is 48.5 Å². The van der Waals surface area contributed by atoms with E-state index in [2.05, 4.69) is 44.9 Å². The molecule has 0 rings (SSSR count). The minimum Gasteiger partial charge on any atom is -0.480 e. The fourth-order valence-electron chi connectivity index (χ4n) is 1.61. The molecule has 6 heteroatoms. The SMILES string of the molecule is CC(/C=C/[Si](C)(C)C(C)(C)C)C(NC(=O)OC(C)(C)C)C(=O)O. The van der Waals surface area contributed by atoms with Gasteiger partial charge in [-0.25, -0.2) is 9.59 Å². The molecule has 2 N–H and O–H groups in total. The summed E-state index contributed by atoms with van der Waals surface area (Å²) in [5.74, 6) is -1.39. The van der Waals surface area contributed by atoms with Crippen LogP contribution in [-0.2, 0) is 9.53 Å². The van der Waals surface area contributed by atoms with Gasteiger partial charge >= 0.3 is 12.1 Å². The second-order valence-electron chi connectivity index (χ2n) is 8.65. The Balaban J connectivity index is 5.06. The van der Waals surface area contributed by atoms with Crippen LogP contribution >= 0.6 is 0 Å². The number of rotatable bonds is 5. The lowest BCUT2D eigenvalue weighted by Gasteiger charge is -2.34. The van der Waals surface area contributed by atoms with E-state index < -0.39 is 31.8 Å². The lowest BCUT2D eigenvalue weighted by atomic mass is 10.0. The van der Waals surface area contributed by atoms with Crippen LogP contribution in [0.5, 0.6) is 0 Å². The highest BCUT2D eigenvalue weighted by atomic mass is 28.3. The first-order valence-corrected chi connectivity index (χ1v) is 11.1. The predicted molar refractivity (Wildman–Crippen MR) is 96.3 cm³/mol. The summed E-state index contributed by atoms with van der Waals surface area (Å²) in [4.78, 5) is 23.3. The molecule has 0 aliphatic carbocycles. The van der Waals surface area contributed by atoms with Crippen LogP contribution in [0.4, 0.5) is 4.79 Å². The zero-order valence-electron chi connectivity index (χ0n) is 16.0. The lowest BCUT2D eigenvalue weighted by Crippen LogP contribution is -2.46. The van der Waals surface area contributed by atoms with E-state index in [1.54, 1.807) is 27.7 Å². The van der Waals surface area contributed by atoms with Crippen molar-refractivity contribution in [3.05, 3.63) is 11.8 Å². The van der Waals surface area contributed by atoms with E-state index in [0.29, 0.717) is 0 Å². The van der Waals surface area contributed by atoms with Crippen molar-refractivity contribution in [2.75, 3.05) is 0 Å². The van der Waals surface area contributed by atoms with Gasteiger partial charge in [0, 0.05) is 5.92 Å². The Hall–Kier alpha value is -1.30. The summed E-state index contributed by atoms with van der Waals surface area (Å²) >= 11 is 0. The molecule has 2 unspecified atom stereocenters. The third-order valence-corrected chi connectivity index (χ3v) is 9.11. The molecule has 5 nitrogen and oxygen atoms in total. The van der Waals surface area contributed by atoms with Gasteiger partial charge in [0.05, 0.1) is 8.07 Å². The summed E-state index contributed by atoms with van der Waals surface area (Å²) in [5.41, 5.74) is 1.50. The minimum atomic E-state index is -1.64. The van der Waals surface area contributed by atoms with Gasteiger partial charge in [0.1, 0.15) is 11.6 Å². The molecular weight excluding hydrogens is 310 g/mol. The Morgan fingerprint density at radius 2 is 1.61 bits per heavy atom. The number of aliphatic carboxylic acids is 1. The molecule has 0 aliphatic heterocycles.